The number of amides is 1. The Morgan fingerprint density at radius 3 is 2.59 bits per heavy atom. The number of benzene rings is 2. The summed E-state index contributed by atoms with van der Waals surface area (Å²) in [6.07, 6.45) is 1.80. The molecule has 0 spiro atoms. The number of piperazine rings is 1. The van der Waals surface area contributed by atoms with Crippen molar-refractivity contribution in [1.29, 1.82) is 5.26 Å². The number of aromatic nitrogens is 2. The molecule has 3 saturated heterocycles. The minimum atomic E-state index is -0.373. The number of carbonyl (C=O) groups is 1. The van der Waals surface area contributed by atoms with Crippen molar-refractivity contribution in [1.82, 2.24) is 19.8 Å². The van der Waals surface area contributed by atoms with Gasteiger partial charge in [-0.25, -0.2) is 14.8 Å². The van der Waals surface area contributed by atoms with Crippen LogP contribution in [0.3, 0.4) is 0 Å². The van der Waals surface area contributed by atoms with Crippen LogP contribution in [0.5, 0.6) is 5.75 Å². The first kappa shape index (κ1) is 26.8. The second-order valence-electron chi connectivity index (χ2n) is 10.4. The number of likely N-dealkylation sites (tertiary alicyclic amines) is 1. The number of hydrogen-bond acceptors (Lipinski definition) is 10. The number of methoxy groups -OCH3 is 1. The molecule has 0 saturated carbocycles. The van der Waals surface area contributed by atoms with Gasteiger partial charge in [-0.05, 0) is 48.5 Å². The van der Waals surface area contributed by atoms with Crippen molar-refractivity contribution in [3.05, 3.63) is 60.3 Å². The van der Waals surface area contributed by atoms with Gasteiger partial charge in [0.1, 0.15) is 23.7 Å². The number of nitrogens with one attached hydrogen (secondary N) is 1. The molecule has 1 atom stereocenters. The molecule has 4 heterocycles. The Hall–Kier alpha value is -4.40. The van der Waals surface area contributed by atoms with Crippen LogP contribution in [-0.2, 0) is 9.47 Å². The summed E-state index contributed by atoms with van der Waals surface area (Å²) in [5.41, 5.74) is 3.24. The topological polar surface area (TPSA) is 116 Å². The fourth-order valence-electron chi connectivity index (χ4n) is 5.41. The number of anilines is 3. The number of nitrogens with zero attached hydrogens (tertiary/aromatic N) is 6. The van der Waals surface area contributed by atoms with E-state index in [0.717, 1.165) is 45.1 Å². The van der Waals surface area contributed by atoms with E-state index in [9.17, 15) is 10.1 Å². The van der Waals surface area contributed by atoms with Crippen molar-refractivity contribution in [3.63, 3.8) is 0 Å². The summed E-state index contributed by atoms with van der Waals surface area (Å²) in [6.45, 7) is 6.86. The highest BCUT2D eigenvalue weighted by atomic mass is 16.5. The minimum Gasteiger partial charge on any atom is -0.487 e. The molecule has 3 aromatic rings. The average Bonchev–Trinajstić information content (AvgIpc) is 3.46. The Labute approximate surface area is 239 Å². The van der Waals surface area contributed by atoms with E-state index in [1.165, 1.54) is 12.8 Å². The monoisotopic (exact) mass is 555 g/mol. The molecule has 41 heavy (non-hydrogen) atoms. The molecule has 212 valence electrons. The van der Waals surface area contributed by atoms with Crippen LogP contribution < -0.4 is 15.0 Å². The van der Waals surface area contributed by atoms with Crippen LogP contribution in [0.4, 0.5) is 22.0 Å². The summed E-state index contributed by atoms with van der Waals surface area (Å²) in [6, 6.07) is 18.4. The summed E-state index contributed by atoms with van der Waals surface area (Å²) >= 11 is 0. The first-order valence-electron chi connectivity index (χ1n) is 13.9. The van der Waals surface area contributed by atoms with E-state index in [2.05, 4.69) is 55.4 Å². The van der Waals surface area contributed by atoms with Gasteiger partial charge in [0.2, 0.25) is 0 Å². The Morgan fingerprint density at radius 2 is 1.88 bits per heavy atom. The predicted octanol–water partition coefficient (Wildman–Crippen LogP) is 3.50. The zero-order valence-corrected chi connectivity index (χ0v) is 23.0. The van der Waals surface area contributed by atoms with Crippen LogP contribution in [0, 0.1) is 11.3 Å². The van der Waals surface area contributed by atoms with Gasteiger partial charge < -0.3 is 29.3 Å². The average molecular weight is 556 g/mol. The first-order chi connectivity index (χ1) is 20.1. The van der Waals surface area contributed by atoms with E-state index in [4.69, 9.17) is 14.2 Å². The van der Waals surface area contributed by atoms with Gasteiger partial charge in [0.15, 0.2) is 5.82 Å². The molecule has 0 aliphatic carbocycles. The summed E-state index contributed by atoms with van der Waals surface area (Å²) in [4.78, 5) is 27.4. The second kappa shape index (κ2) is 12.0. The summed E-state index contributed by atoms with van der Waals surface area (Å²) < 4.78 is 16.2. The highest BCUT2D eigenvalue weighted by molar-refractivity contribution is 5.68. The molecule has 0 bridgehead atoms. The third kappa shape index (κ3) is 6.04. The number of hydrogen-bond donors (Lipinski definition) is 1. The van der Waals surface area contributed by atoms with Gasteiger partial charge in [-0.15, -0.1) is 0 Å². The van der Waals surface area contributed by atoms with Crippen LogP contribution in [0.25, 0.3) is 11.4 Å². The smallest absolute Gasteiger partial charge is 0.409 e. The molecule has 1 amide bonds. The molecule has 3 aliphatic rings. The molecule has 2 aromatic carbocycles. The SMILES string of the molecule is COC(=O)N1CCC(Oc2ccc(-c3nccc(Nc4ccc(N5CCN(C6COC6)CC5)cc4)n3)cc2C#N)C1. The molecule has 1 N–H and O–H groups in total. The number of rotatable bonds is 7. The zero-order valence-electron chi connectivity index (χ0n) is 23.0. The van der Waals surface area contributed by atoms with Gasteiger partial charge in [0.05, 0.1) is 38.5 Å². The van der Waals surface area contributed by atoms with E-state index in [1.54, 1.807) is 23.2 Å². The van der Waals surface area contributed by atoms with Gasteiger partial charge in [-0.2, -0.15) is 5.26 Å². The van der Waals surface area contributed by atoms with Crippen LogP contribution >= 0.6 is 0 Å². The summed E-state index contributed by atoms with van der Waals surface area (Å²) in [7, 11) is 1.36. The molecule has 11 nitrogen and oxygen atoms in total. The molecule has 6 rings (SSSR count). The number of nitriles is 1. The van der Waals surface area contributed by atoms with Gasteiger partial charge in [0, 0.05) is 62.3 Å². The third-order valence-electron chi connectivity index (χ3n) is 7.84. The van der Waals surface area contributed by atoms with Crippen molar-refractivity contribution >= 4 is 23.3 Å². The van der Waals surface area contributed by atoms with Gasteiger partial charge >= 0.3 is 6.09 Å². The maximum atomic E-state index is 11.8. The van der Waals surface area contributed by atoms with Gasteiger partial charge in [0.25, 0.3) is 0 Å². The molecule has 1 aromatic heterocycles. The molecule has 3 fully saturated rings. The fraction of sp³-hybridized carbons (Fsp3) is 0.400. The van der Waals surface area contributed by atoms with Gasteiger partial charge in [-0.1, -0.05) is 0 Å². The first-order valence-corrected chi connectivity index (χ1v) is 13.9. The number of ether oxygens (including phenoxy) is 3. The maximum absolute atomic E-state index is 11.8. The maximum Gasteiger partial charge on any atom is 0.409 e. The second-order valence-corrected chi connectivity index (χ2v) is 10.4. The van der Waals surface area contributed by atoms with Crippen LogP contribution in [-0.4, -0.2) is 97.6 Å². The van der Waals surface area contributed by atoms with E-state index in [1.807, 2.05) is 12.1 Å². The van der Waals surface area contributed by atoms with E-state index in [0.29, 0.717) is 54.1 Å². The highest BCUT2D eigenvalue weighted by Gasteiger charge is 2.30. The lowest BCUT2D eigenvalue weighted by molar-refractivity contribution is -0.0660. The Balaban J connectivity index is 1.08. The Morgan fingerprint density at radius 1 is 1.07 bits per heavy atom. The molecular weight excluding hydrogens is 522 g/mol. The molecular formula is C30H33N7O4. The van der Waals surface area contributed by atoms with Crippen molar-refractivity contribution in [2.45, 2.75) is 18.6 Å². The van der Waals surface area contributed by atoms with Gasteiger partial charge in [-0.3, -0.25) is 4.90 Å². The quantitative estimate of drug-likeness (QED) is 0.464. The molecule has 1 unspecified atom stereocenters. The van der Waals surface area contributed by atoms with E-state index < -0.39 is 0 Å². The van der Waals surface area contributed by atoms with E-state index >= 15 is 0 Å². The van der Waals surface area contributed by atoms with Crippen LogP contribution in [0.15, 0.2) is 54.7 Å². The standard InChI is InChI=1S/C30H33N7O4/c1-39-30(38)37-11-9-26(18-37)41-27-7-2-21(16-22(27)17-31)29-32-10-8-28(34-29)33-23-3-5-24(6-4-23)35-12-14-36(15-13-35)25-19-40-20-25/h2-8,10,16,25-26H,9,11-15,18-20H2,1H3,(H,32,33,34). The normalized spacial score (nSPS) is 19.4. The Kier molecular flexibility index (Phi) is 7.84. The number of carbonyl (C=O) groups excluding carboxylic acids is 1. The lowest BCUT2D eigenvalue weighted by atomic mass is 10.1. The predicted molar refractivity (Wildman–Crippen MR) is 153 cm³/mol. The summed E-state index contributed by atoms with van der Waals surface area (Å²) in [5.74, 6) is 1.63. The van der Waals surface area contributed by atoms with Crippen molar-refractivity contribution < 1.29 is 19.0 Å². The van der Waals surface area contributed by atoms with E-state index in [-0.39, 0.29) is 12.2 Å². The zero-order chi connectivity index (χ0) is 28.2. The van der Waals surface area contributed by atoms with Crippen molar-refractivity contribution in [2.24, 2.45) is 0 Å². The largest absolute Gasteiger partial charge is 0.487 e. The van der Waals surface area contributed by atoms with Crippen LogP contribution in [0.2, 0.25) is 0 Å². The minimum absolute atomic E-state index is 0.200. The van der Waals surface area contributed by atoms with Crippen molar-refractivity contribution in [2.75, 3.05) is 69.8 Å². The fourth-order valence-corrected chi connectivity index (χ4v) is 5.41. The highest BCUT2D eigenvalue weighted by Crippen LogP contribution is 2.28. The summed E-state index contributed by atoms with van der Waals surface area (Å²) in [5, 5.41) is 13.1. The molecule has 11 heteroatoms. The van der Waals surface area contributed by atoms with Crippen molar-refractivity contribution in [3.8, 4) is 23.2 Å². The molecule has 3 aliphatic heterocycles. The molecule has 0 radical (unpaired) electrons. The Bertz CT molecular complexity index is 1420. The lowest BCUT2D eigenvalue weighted by Crippen LogP contribution is -2.56. The van der Waals surface area contributed by atoms with Crippen LogP contribution in [0.1, 0.15) is 12.0 Å². The lowest BCUT2D eigenvalue weighted by Gasteiger charge is -2.43. The third-order valence-corrected chi connectivity index (χ3v) is 7.84.